The molecule has 2 saturated heterocycles. The number of hydrogen-bond donors (Lipinski definition) is 7. The van der Waals surface area contributed by atoms with Crippen molar-refractivity contribution >= 4 is 5.97 Å². The van der Waals surface area contributed by atoms with Crippen molar-refractivity contribution in [2.75, 3.05) is 33.0 Å². The molecular formula is C55H86O14. The Morgan fingerprint density at radius 1 is 0.478 bits per heavy atom. The van der Waals surface area contributed by atoms with Gasteiger partial charge in [-0.1, -0.05) is 135 Å². The second-order valence-corrected chi connectivity index (χ2v) is 16.9. The number of hydrogen-bond acceptors (Lipinski definition) is 14. The van der Waals surface area contributed by atoms with Crippen LogP contribution in [-0.4, -0.2) is 142 Å². The van der Waals surface area contributed by atoms with Gasteiger partial charge >= 0.3 is 5.97 Å². The summed E-state index contributed by atoms with van der Waals surface area (Å²) in [5.41, 5.74) is 0. The van der Waals surface area contributed by atoms with Crippen molar-refractivity contribution in [2.45, 2.75) is 184 Å². The maximum absolute atomic E-state index is 13.0. The monoisotopic (exact) mass is 971 g/mol. The molecule has 69 heavy (non-hydrogen) atoms. The molecule has 0 radical (unpaired) electrons. The van der Waals surface area contributed by atoms with Crippen LogP contribution in [0.2, 0.25) is 0 Å². The molecule has 7 N–H and O–H groups in total. The summed E-state index contributed by atoms with van der Waals surface area (Å²) in [7, 11) is 0. The van der Waals surface area contributed by atoms with Gasteiger partial charge in [-0.25, -0.2) is 0 Å². The highest BCUT2D eigenvalue weighted by Gasteiger charge is 2.47. The van der Waals surface area contributed by atoms with Crippen LogP contribution in [0.5, 0.6) is 0 Å². The Morgan fingerprint density at radius 2 is 0.884 bits per heavy atom. The van der Waals surface area contributed by atoms with E-state index in [1.807, 2.05) is 0 Å². The predicted octanol–water partition coefficient (Wildman–Crippen LogP) is 7.40. The van der Waals surface area contributed by atoms with Gasteiger partial charge in [-0.3, -0.25) is 4.79 Å². The van der Waals surface area contributed by atoms with E-state index < -0.39 is 86.7 Å². The van der Waals surface area contributed by atoms with Gasteiger partial charge in [0.25, 0.3) is 0 Å². The van der Waals surface area contributed by atoms with E-state index in [4.69, 9.17) is 28.4 Å². The van der Waals surface area contributed by atoms with E-state index in [1.165, 1.54) is 0 Å². The Morgan fingerprint density at radius 3 is 1.35 bits per heavy atom. The Kier molecular flexibility index (Phi) is 36.6. The van der Waals surface area contributed by atoms with E-state index in [0.717, 1.165) is 89.9 Å². The third-order valence-electron chi connectivity index (χ3n) is 11.0. The zero-order valence-corrected chi connectivity index (χ0v) is 41.2. The normalized spacial score (nSPS) is 26.7. The van der Waals surface area contributed by atoms with Crippen molar-refractivity contribution in [3.8, 4) is 0 Å². The summed E-state index contributed by atoms with van der Waals surface area (Å²) in [6.07, 6.45) is 39.9. The van der Waals surface area contributed by atoms with Gasteiger partial charge in [0.05, 0.1) is 26.4 Å². The molecule has 0 aromatic rings. The molecule has 14 heteroatoms. The van der Waals surface area contributed by atoms with Gasteiger partial charge in [0.15, 0.2) is 12.6 Å². The quantitative estimate of drug-likeness (QED) is 0.0184. The summed E-state index contributed by atoms with van der Waals surface area (Å²) in [4.78, 5) is 13.0. The average molecular weight is 971 g/mol. The predicted molar refractivity (Wildman–Crippen MR) is 270 cm³/mol. The van der Waals surface area contributed by atoms with E-state index in [-0.39, 0.29) is 19.6 Å². The Labute approximate surface area is 412 Å². The molecule has 0 spiro atoms. The van der Waals surface area contributed by atoms with Crippen molar-refractivity contribution in [3.63, 3.8) is 0 Å². The molecule has 0 saturated carbocycles. The number of aliphatic hydroxyl groups is 7. The summed E-state index contributed by atoms with van der Waals surface area (Å²) in [5.74, 6) is -0.443. The van der Waals surface area contributed by atoms with Gasteiger partial charge in [-0.2, -0.15) is 0 Å². The fraction of sp³-hybridized carbons (Fsp3) is 0.618. The molecule has 0 aromatic heterocycles. The van der Waals surface area contributed by atoms with Crippen molar-refractivity contribution in [1.82, 2.24) is 0 Å². The van der Waals surface area contributed by atoms with Gasteiger partial charge in [-0.15, -0.1) is 0 Å². The molecule has 0 aliphatic carbocycles. The fourth-order valence-electron chi connectivity index (χ4n) is 6.94. The zero-order valence-electron chi connectivity index (χ0n) is 41.2. The van der Waals surface area contributed by atoms with Crippen LogP contribution < -0.4 is 0 Å². The van der Waals surface area contributed by atoms with Crippen molar-refractivity contribution in [1.29, 1.82) is 0 Å². The van der Waals surface area contributed by atoms with E-state index in [2.05, 4.69) is 135 Å². The summed E-state index contributed by atoms with van der Waals surface area (Å²) in [6.45, 7) is 3.19. The van der Waals surface area contributed by atoms with Crippen LogP contribution in [0.3, 0.4) is 0 Å². The van der Waals surface area contributed by atoms with Crippen molar-refractivity contribution in [3.05, 3.63) is 122 Å². The number of carbonyl (C=O) groups excluding carboxylic acids is 1. The van der Waals surface area contributed by atoms with Gasteiger partial charge in [0, 0.05) is 13.0 Å². The number of ether oxygens (including phenoxy) is 6. The fourth-order valence-corrected chi connectivity index (χ4v) is 6.94. The molecule has 2 heterocycles. The number of esters is 1. The summed E-state index contributed by atoms with van der Waals surface area (Å²) in [6, 6.07) is 0. The third kappa shape index (κ3) is 28.7. The van der Waals surface area contributed by atoms with E-state index >= 15 is 0 Å². The summed E-state index contributed by atoms with van der Waals surface area (Å²) < 4.78 is 34.1. The second-order valence-electron chi connectivity index (χ2n) is 16.9. The largest absolute Gasteiger partial charge is 0.457 e. The zero-order chi connectivity index (χ0) is 50.2. The molecule has 11 unspecified atom stereocenters. The Bertz CT molecular complexity index is 1600. The molecule has 2 aliphatic heterocycles. The first-order chi connectivity index (χ1) is 33.6. The standard InChI is InChI=1S/C55H86O14/c1-3-5-7-9-11-13-15-17-19-20-21-22-23-25-27-29-31-33-35-37-39-64-41-44(67-47(57)38-36-34-32-30-28-26-24-18-16-14-12-10-8-6-4-2)42-65-54-53(63)51(61)49(59)46(69-54)43-66-55-52(62)50(60)48(58)45(40-56)68-55/h5-8,11-14,17-19,21-22,24-25,27-28,30-31,33,44-46,48-56,58-63H,3-4,9-10,15-16,20,23,26,29,32,34-43H2,1-2H3/b7-5-,8-6-,13-11-,14-12-,19-17-,22-21-,24-18-,27-25-,30-28-,33-31-. The first-order valence-corrected chi connectivity index (χ1v) is 25.1. The molecular weight excluding hydrogens is 885 g/mol. The molecule has 2 fully saturated rings. The highest BCUT2D eigenvalue weighted by atomic mass is 16.7. The van der Waals surface area contributed by atoms with Crippen molar-refractivity contribution in [2.24, 2.45) is 0 Å². The summed E-state index contributed by atoms with van der Waals surface area (Å²) in [5, 5.41) is 72.1. The van der Waals surface area contributed by atoms with Crippen LogP contribution >= 0.6 is 0 Å². The lowest BCUT2D eigenvalue weighted by atomic mass is 9.98. The van der Waals surface area contributed by atoms with E-state index in [9.17, 15) is 40.5 Å². The molecule has 0 amide bonds. The summed E-state index contributed by atoms with van der Waals surface area (Å²) >= 11 is 0. The maximum Gasteiger partial charge on any atom is 0.306 e. The van der Waals surface area contributed by atoms with Crippen molar-refractivity contribution < 1.29 is 69.0 Å². The Hall–Kier alpha value is -3.61. The SMILES string of the molecule is CC/C=C\C/C=C\C/C=C\C/C=C\C/C=C\C/C=C\CCCOCC(COC1OC(COC2OC(CO)C(O)C(O)C2O)C(O)C(O)C1O)OC(=O)CCCC/C=C\C/C=C\C/C=C\C/C=C\CC. The lowest BCUT2D eigenvalue weighted by Crippen LogP contribution is -2.61. The topological polar surface area (TPSA) is 214 Å². The second kappa shape index (κ2) is 41.1. The third-order valence-corrected chi connectivity index (χ3v) is 11.0. The minimum atomic E-state index is -1.73. The van der Waals surface area contributed by atoms with Gasteiger partial charge < -0.3 is 64.2 Å². The van der Waals surface area contributed by atoms with Gasteiger partial charge in [0.1, 0.15) is 54.9 Å². The highest BCUT2D eigenvalue weighted by molar-refractivity contribution is 5.69. The van der Waals surface area contributed by atoms with Crippen LogP contribution in [0.15, 0.2) is 122 Å². The molecule has 2 rings (SSSR count). The average Bonchev–Trinajstić information content (AvgIpc) is 3.35. The molecule has 14 nitrogen and oxygen atoms in total. The van der Waals surface area contributed by atoms with E-state index in [1.54, 1.807) is 0 Å². The minimum Gasteiger partial charge on any atom is -0.457 e. The number of allylic oxidation sites excluding steroid dienone is 20. The van der Waals surface area contributed by atoms with Gasteiger partial charge in [-0.05, 0) is 96.3 Å². The number of carbonyl (C=O) groups is 1. The van der Waals surface area contributed by atoms with Crippen LogP contribution in [0.25, 0.3) is 0 Å². The maximum atomic E-state index is 13.0. The number of unbranched alkanes of at least 4 members (excludes halogenated alkanes) is 3. The molecule has 390 valence electrons. The van der Waals surface area contributed by atoms with Gasteiger partial charge in [0.2, 0.25) is 0 Å². The smallest absolute Gasteiger partial charge is 0.306 e. The van der Waals surface area contributed by atoms with Crippen LogP contribution in [0.1, 0.15) is 117 Å². The minimum absolute atomic E-state index is 0.00488. The number of aliphatic hydroxyl groups excluding tert-OH is 7. The lowest BCUT2D eigenvalue weighted by molar-refractivity contribution is -0.332. The first-order valence-electron chi connectivity index (χ1n) is 25.1. The molecule has 2 aliphatic rings. The lowest BCUT2D eigenvalue weighted by Gasteiger charge is -2.42. The molecule has 0 bridgehead atoms. The highest BCUT2D eigenvalue weighted by Crippen LogP contribution is 2.26. The first kappa shape index (κ1) is 61.5. The van der Waals surface area contributed by atoms with Crippen LogP contribution in [-0.2, 0) is 33.2 Å². The molecule has 0 aromatic carbocycles. The van der Waals surface area contributed by atoms with Crippen LogP contribution in [0, 0.1) is 0 Å². The number of rotatable bonds is 37. The van der Waals surface area contributed by atoms with E-state index in [0.29, 0.717) is 13.0 Å². The van der Waals surface area contributed by atoms with Crippen LogP contribution in [0.4, 0.5) is 0 Å². The molecule has 11 atom stereocenters. The Balaban J connectivity index is 1.83.